The van der Waals surface area contributed by atoms with E-state index < -0.39 is 0 Å². The number of benzene rings is 1. The van der Waals surface area contributed by atoms with Gasteiger partial charge < -0.3 is 0 Å². The Hall–Kier alpha value is -0.490. The van der Waals surface area contributed by atoms with Gasteiger partial charge in [-0.1, -0.05) is 29.8 Å². The lowest BCUT2D eigenvalue weighted by Crippen LogP contribution is -1.85. The first-order valence-electron chi connectivity index (χ1n) is 3.94. The molecule has 0 saturated carbocycles. The van der Waals surface area contributed by atoms with Crippen LogP contribution in [-0.4, -0.2) is 5.88 Å². The highest BCUT2D eigenvalue weighted by Crippen LogP contribution is 2.05. The van der Waals surface area contributed by atoms with Crippen LogP contribution >= 0.6 is 11.6 Å². The topological polar surface area (TPSA) is 0 Å². The third kappa shape index (κ3) is 2.94. The number of hydrogen-bond acceptors (Lipinski definition) is 0. The van der Waals surface area contributed by atoms with E-state index in [2.05, 4.69) is 31.2 Å². The van der Waals surface area contributed by atoms with Crippen LogP contribution in [0.1, 0.15) is 17.5 Å². The zero-order valence-corrected chi connectivity index (χ0v) is 7.56. The summed E-state index contributed by atoms with van der Waals surface area (Å²) >= 11 is 5.58. The largest absolute Gasteiger partial charge is 0.127 e. The maximum atomic E-state index is 5.58. The summed E-state index contributed by atoms with van der Waals surface area (Å²) < 4.78 is 0. The quantitative estimate of drug-likeness (QED) is 0.609. The fraction of sp³-hybridized carbons (Fsp3) is 0.400. The van der Waals surface area contributed by atoms with Gasteiger partial charge in [-0.2, -0.15) is 0 Å². The molecule has 0 nitrogen and oxygen atoms in total. The smallest absolute Gasteiger partial charge is 0.0226 e. The highest BCUT2D eigenvalue weighted by atomic mass is 35.5. The molecule has 1 rings (SSSR count). The molecule has 0 aliphatic heterocycles. The minimum Gasteiger partial charge on any atom is -0.127 e. The predicted molar refractivity (Wildman–Crippen MR) is 50.2 cm³/mol. The average molecular weight is 169 g/mol. The van der Waals surface area contributed by atoms with Crippen molar-refractivity contribution in [2.75, 3.05) is 5.88 Å². The fourth-order valence-corrected chi connectivity index (χ4v) is 1.16. The summed E-state index contributed by atoms with van der Waals surface area (Å²) in [6.07, 6.45) is 2.17. The van der Waals surface area contributed by atoms with Crippen LogP contribution in [0.2, 0.25) is 0 Å². The van der Waals surface area contributed by atoms with E-state index >= 15 is 0 Å². The Kier molecular flexibility index (Phi) is 3.44. The molecule has 0 aliphatic rings. The first-order valence-corrected chi connectivity index (χ1v) is 4.48. The number of alkyl halides is 1. The molecular weight excluding hydrogens is 156 g/mol. The average Bonchev–Trinajstić information content (AvgIpc) is 2.04. The molecule has 0 spiro atoms. The second kappa shape index (κ2) is 4.40. The van der Waals surface area contributed by atoms with Crippen LogP contribution in [-0.2, 0) is 6.42 Å². The summed E-state index contributed by atoms with van der Waals surface area (Å²) in [5, 5.41) is 0. The Morgan fingerprint density at radius 1 is 1.18 bits per heavy atom. The van der Waals surface area contributed by atoms with Gasteiger partial charge in [0.1, 0.15) is 0 Å². The number of halogens is 1. The van der Waals surface area contributed by atoms with E-state index in [0.29, 0.717) is 0 Å². The van der Waals surface area contributed by atoms with E-state index in [1.165, 1.54) is 11.1 Å². The molecule has 0 aromatic heterocycles. The summed E-state index contributed by atoms with van der Waals surface area (Å²) in [6.45, 7) is 2.10. The van der Waals surface area contributed by atoms with Gasteiger partial charge in [0.05, 0.1) is 0 Å². The molecule has 0 unspecified atom stereocenters. The third-order valence-corrected chi connectivity index (χ3v) is 1.99. The molecule has 0 aliphatic carbocycles. The molecule has 0 radical (unpaired) electrons. The summed E-state index contributed by atoms with van der Waals surface area (Å²) in [5.74, 6) is 0.758. The number of hydrogen-bond donors (Lipinski definition) is 0. The van der Waals surface area contributed by atoms with Gasteiger partial charge in [-0.15, -0.1) is 11.6 Å². The first kappa shape index (κ1) is 8.61. The molecule has 0 atom stereocenters. The molecule has 0 amide bonds. The molecular formula is C10H13Cl. The maximum Gasteiger partial charge on any atom is 0.0226 e. The molecule has 1 heteroatoms. The van der Waals surface area contributed by atoms with E-state index in [1.807, 2.05) is 0 Å². The molecule has 60 valence electrons. The van der Waals surface area contributed by atoms with E-state index in [1.54, 1.807) is 0 Å². The number of rotatable bonds is 3. The summed E-state index contributed by atoms with van der Waals surface area (Å²) in [4.78, 5) is 0. The summed E-state index contributed by atoms with van der Waals surface area (Å²) in [7, 11) is 0. The Morgan fingerprint density at radius 3 is 2.36 bits per heavy atom. The zero-order valence-electron chi connectivity index (χ0n) is 6.81. The Morgan fingerprint density at radius 2 is 1.82 bits per heavy atom. The van der Waals surface area contributed by atoms with Gasteiger partial charge in [-0.25, -0.2) is 0 Å². The van der Waals surface area contributed by atoms with Crippen LogP contribution < -0.4 is 0 Å². The van der Waals surface area contributed by atoms with Crippen LogP contribution in [0.3, 0.4) is 0 Å². The molecule has 0 heterocycles. The predicted octanol–water partition coefficient (Wildman–Crippen LogP) is 3.17. The van der Waals surface area contributed by atoms with Crippen LogP contribution in [0, 0.1) is 6.92 Å². The van der Waals surface area contributed by atoms with Gasteiger partial charge in [-0.05, 0) is 25.3 Å². The van der Waals surface area contributed by atoms with E-state index in [-0.39, 0.29) is 0 Å². The van der Waals surface area contributed by atoms with Crippen molar-refractivity contribution in [1.29, 1.82) is 0 Å². The Bertz CT molecular complexity index is 201. The molecule has 1 aromatic carbocycles. The Labute approximate surface area is 73.2 Å². The van der Waals surface area contributed by atoms with E-state index in [0.717, 1.165) is 18.7 Å². The molecule has 0 fully saturated rings. The van der Waals surface area contributed by atoms with Gasteiger partial charge in [0.25, 0.3) is 0 Å². The van der Waals surface area contributed by atoms with Crippen molar-refractivity contribution in [3.63, 3.8) is 0 Å². The SMILES string of the molecule is Cc1ccc(CCCCl)cc1. The van der Waals surface area contributed by atoms with Crippen LogP contribution in [0.25, 0.3) is 0 Å². The van der Waals surface area contributed by atoms with Crippen molar-refractivity contribution >= 4 is 11.6 Å². The van der Waals surface area contributed by atoms with Crippen molar-refractivity contribution in [3.05, 3.63) is 35.4 Å². The lowest BCUT2D eigenvalue weighted by molar-refractivity contribution is 0.928. The van der Waals surface area contributed by atoms with Crippen molar-refractivity contribution in [2.24, 2.45) is 0 Å². The molecule has 0 saturated heterocycles. The highest BCUT2D eigenvalue weighted by Gasteiger charge is 1.90. The maximum absolute atomic E-state index is 5.58. The molecule has 1 aromatic rings. The molecule has 0 N–H and O–H groups in total. The first-order chi connectivity index (χ1) is 5.33. The fourth-order valence-electron chi connectivity index (χ4n) is 1.03. The normalized spacial score (nSPS) is 10.0. The second-order valence-corrected chi connectivity index (χ2v) is 3.16. The molecule has 11 heavy (non-hydrogen) atoms. The summed E-state index contributed by atoms with van der Waals surface area (Å²) in [6, 6.07) is 8.62. The lowest BCUT2D eigenvalue weighted by Gasteiger charge is -1.98. The van der Waals surface area contributed by atoms with Crippen molar-refractivity contribution in [1.82, 2.24) is 0 Å². The van der Waals surface area contributed by atoms with Gasteiger partial charge in [0, 0.05) is 5.88 Å². The number of aryl methyl sites for hydroxylation is 2. The zero-order chi connectivity index (χ0) is 8.10. The Balaban J connectivity index is 2.52. The van der Waals surface area contributed by atoms with Crippen LogP contribution in [0.4, 0.5) is 0 Å². The van der Waals surface area contributed by atoms with Crippen LogP contribution in [0.5, 0.6) is 0 Å². The van der Waals surface area contributed by atoms with Gasteiger partial charge >= 0.3 is 0 Å². The van der Waals surface area contributed by atoms with Crippen molar-refractivity contribution in [3.8, 4) is 0 Å². The highest BCUT2D eigenvalue weighted by molar-refractivity contribution is 6.17. The van der Waals surface area contributed by atoms with Gasteiger partial charge in [0.2, 0.25) is 0 Å². The monoisotopic (exact) mass is 168 g/mol. The van der Waals surface area contributed by atoms with Crippen LogP contribution in [0.15, 0.2) is 24.3 Å². The standard InChI is InChI=1S/C10H13Cl/c1-9-4-6-10(7-5-9)3-2-8-11/h4-7H,2-3,8H2,1H3. The minimum atomic E-state index is 0.758. The summed E-state index contributed by atoms with van der Waals surface area (Å²) in [5.41, 5.74) is 2.70. The van der Waals surface area contributed by atoms with Crippen molar-refractivity contribution < 1.29 is 0 Å². The van der Waals surface area contributed by atoms with Gasteiger partial charge in [0.15, 0.2) is 0 Å². The minimum absolute atomic E-state index is 0.758. The van der Waals surface area contributed by atoms with Gasteiger partial charge in [-0.3, -0.25) is 0 Å². The van der Waals surface area contributed by atoms with E-state index in [9.17, 15) is 0 Å². The lowest BCUT2D eigenvalue weighted by atomic mass is 10.1. The van der Waals surface area contributed by atoms with E-state index in [4.69, 9.17) is 11.6 Å². The third-order valence-electron chi connectivity index (χ3n) is 1.72. The molecule has 0 bridgehead atoms. The second-order valence-electron chi connectivity index (χ2n) is 2.78. The van der Waals surface area contributed by atoms with Crippen molar-refractivity contribution in [2.45, 2.75) is 19.8 Å².